The van der Waals surface area contributed by atoms with Crippen LogP contribution in [0.4, 0.5) is 0 Å². The van der Waals surface area contributed by atoms with Gasteiger partial charge in [-0.1, -0.05) is 43.3 Å². The van der Waals surface area contributed by atoms with Crippen LogP contribution >= 0.6 is 11.6 Å². The molecular weight excluding hydrogens is 206 g/mol. The average Bonchev–Trinajstić information content (AvgIpc) is 2.23. The summed E-state index contributed by atoms with van der Waals surface area (Å²) in [5.74, 6) is 0.515. The smallest absolute Gasteiger partial charge is 0.0415 e. The van der Waals surface area contributed by atoms with Crippen LogP contribution in [0.25, 0.3) is 5.70 Å². The van der Waals surface area contributed by atoms with Crippen molar-refractivity contribution in [3.05, 3.63) is 53.2 Å². The fourth-order valence-electron chi connectivity index (χ4n) is 1.60. The molecule has 0 saturated carbocycles. The summed E-state index contributed by atoms with van der Waals surface area (Å²) in [6, 6.07) is 7.84. The van der Waals surface area contributed by atoms with Crippen molar-refractivity contribution in [1.29, 1.82) is 0 Å². The fraction of sp³-hybridized carbons (Fsp3) is 0.231. The van der Waals surface area contributed by atoms with Crippen molar-refractivity contribution in [2.75, 3.05) is 0 Å². The minimum Gasteiger partial charge on any atom is -0.359 e. The largest absolute Gasteiger partial charge is 0.359 e. The van der Waals surface area contributed by atoms with Crippen LogP contribution in [-0.2, 0) is 0 Å². The van der Waals surface area contributed by atoms with Crippen LogP contribution in [0.3, 0.4) is 0 Å². The van der Waals surface area contributed by atoms with E-state index in [0.717, 1.165) is 28.4 Å². The lowest BCUT2D eigenvalue weighted by Gasteiger charge is -2.23. The van der Waals surface area contributed by atoms with Crippen molar-refractivity contribution >= 4 is 17.3 Å². The quantitative estimate of drug-likeness (QED) is 0.757. The Bertz CT molecular complexity index is 403. The number of hydrogen-bond acceptors (Lipinski definition) is 1. The summed E-state index contributed by atoms with van der Waals surface area (Å²) < 4.78 is 0. The number of allylic oxidation sites excluding steroid dienone is 2. The summed E-state index contributed by atoms with van der Waals surface area (Å²) in [6.45, 7) is 6.18. The molecule has 0 aliphatic carbocycles. The molecule has 1 N–H and O–H groups in total. The van der Waals surface area contributed by atoms with Crippen molar-refractivity contribution in [2.45, 2.75) is 13.3 Å². The number of hydrogen-bond donors (Lipinski definition) is 1. The Hall–Kier alpha value is -1.21. The first-order chi connectivity index (χ1) is 7.16. The van der Waals surface area contributed by atoms with Crippen LogP contribution in [0.1, 0.15) is 18.9 Å². The van der Waals surface area contributed by atoms with Crippen molar-refractivity contribution in [2.24, 2.45) is 5.92 Å². The zero-order valence-corrected chi connectivity index (χ0v) is 9.51. The summed E-state index contributed by atoms with van der Waals surface area (Å²) in [5.41, 5.74) is 3.38. The first-order valence-electron chi connectivity index (χ1n) is 5.09. The van der Waals surface area contributed by atoms with Crippen molar-refractivity contribution in [1.82, 2.24) is 5.32 Å². The average molecular weight is 220 g/mol. The Kier molecular flexibility index (Phi) is 2.83. The highest BCUT2D eigenvalue weighted by atomic mass is 35.5. The molecule has 1 aromatic carbocycles. The topological polar surface area (TPSA) is 12.0 Å². The number of benzene rings is 1. The van der Waals surface area contributed by atoms with E-state index in [1.165, 1.54) is 0 Å². The zero-order chi connectivity index (χ0) is 10.8. The Morgan fingerprint density at radius 3 is 2.60 bits per heavy atom. The number of nitrogens with one attached hydrogen (secondary N) is 1. The maximum atomic E-state index is 5.85. The molecule has 0 radical (unpaired) electrons. The van der Waals surface area contributed by atoms with E-state index in [0.29, 0.717) is 5.92 Å². The molecule has 0 aromatic heterocycles. The molecule has 1 atom stereocenters. The predicted octanol–water partition coefficient (Wildman–Crippen LogP) is 3.82. The highest BCUT2D eigenvalue weighted by molar-refractivity contribution is 6.30. The van der Waals surface area contributed by atoms with Gasteiger partial charge in [-0.05, 0) is 30.0 Å². The van der Waals surface area contributed by atoms with E-state index in [-0.39, 0.29) is 0 Å². The first-order valence-corrected chi connectivity index (χ1v) is 5.46. The summed E-state index contributed by atoms with van der Waals surface area (Å²) in [6.07, 6.45) is 3.26. The van der Waals surface area contributed by atoms with Crippen molar-refractivity contribution in [3.8, 4) is 0 Å². The molecule has 1 aromatic rings. The minimum atomic E-state index is 0.515. The molecule has 1 unspecified atom stereocenters. The normalized spacial score (nSPS) is 20.8. The molecule has 0 spiro atoms. The van der Waals surface area contributed by atoms with Gasteiger partial charge in [0.2, 0.25) is 0 Å². The third kappa shape index (κ3) is 2.24. The predicted molar refractivity (Wildman–Crippen MR) is 65.5 cm³/mol. The SMILES string of the molecule is C=C1NC(c2ccc(Cl)cc2)=CCC1C. The van der Waals surface area contributed by atoms with Crippen LogP contribution in [0.2, 0.25) is 5.02 Å². The van der Waals surface area contributed by atoms with E-state index in [1.807, 2.05) is 24.3 Å². The van der Waals surface area contributed by atoms with Gasteiger partial charge in [-0.15, -0.1) is 0 Å². The second-order valence-corrected chi connectivity index (χ2v) is 4.35. The van der Waals surface area contributed by atoms with Crippen molar-refractivity contribution in [3.63, 3.8) is 0 Å². The minimum absolute atomic E-state index is 0.515. The molecule has 78 valence electrons. The van der Waals surface area contributed by atoms with Gasteiger partial charge < -0.3 is 5.32 Å². The first kappa shape index (κ1) is 10.3. The van der Waals surface area contributed by atoms with E-state index in [2.05, 4.69) is 24.9 Å². The van der Waals surface area contributed by atoms with E-state index >= 15 is 0 Å². The standard InChI is InChI=1S/C13H14ClN/c1-9-3-8-13(15-10(9)2)11-4-6-12(14)7-5-11/h4-9,15H,2-3H2,1H3. The maximum absolute atomic E-state index is 5.85. The van der Waals surface area contributed by atoms with Crippen LogP contribution in [0.5, 0.6) is 0 Å². The Balaban J connectivity index is 2.25. The van der Waals surface area contributed by atoms with Gasteiger partial charge in [0.1, 0.15) is 0 Å². The van der Waals surface area contributed by atoms with Gasteiger partial charge in [0.15, 0.2) is 0 Å². The fourth-order valence-corrected chi connectivity index (χ4v) is 1.73. The maximum Gasteiger partial charge on any atom is 0.0415 e. The molecule has 15 heavy (non-hydrogen) atoms. The zero-order valence-electron chi connectivity index (χ0n) is 8.76. The summed E-state index contributed by atoms with van der Waals surface area (Å²) in [5, 5.41) is 4.09. The van der Waals surface area contributed by atoms with E-state index in [4.69, 9.17) is 11.6 Å². The Morgan fingerprint density at radius 1 is 1.33 bits per heavy atom. The molecule has 1 heterocycles. The van der Waals surface area contributed by atoms with Gasteiger partial charge in [-0.25, -0.2) is 0 Å². The molecule has 1 aliphatic heterocycles. The monoisotopic (exact) mass is 219 g/mol. The molecule has 1 aliphatic rings. The third-order valence-electron chi connectivity index (χ3n) is 2.72. The van der Waals surface area contributed by atoms with E-state index in [1.54, 1.807) is 0 Å². The second kappa shape index (κ2) is 4.11. The molecular formula is C13H14ClN. The van der Waals surface area contributed by atoms with Crippen LogP contribution in [0, 0.1) is 5.92 Å². The van der Waals surface area contributed by atoms with Gasteiger partial charge in [0.05, 0.1) is 0 Å². The molecule has 0 saturated heterocycles. The third-order valence-corrected chi connectivity index (χ3v) is 2.97. The molecule has 0 amide bonds. The van der Waals surface area contributed by atoms with Gasteiger partial charge in [-0.2, -0.15) is 0 Å². The number of rotatable bonds is 1. The molecule has 0 fully saturated rings. The van der Waals surface area contributed by atoms with Gasteiger partial charge in [-0.3, -0.25) is 0 Å². The lowest BCUT2D eigenvalue weighted by atomic mass is 9.97. The lowest BCUT2D eigenvalue weighted by molar-refractivity contribution is 0.641. The van der Waals surface area contributed by atoms with Gasteiger partial charge in [0, 0.05) is 16.4 Å². The van der Waals surface area contributed by atoms with Crippen LogP contribution in [0.15, 0.2) is 42.6 Å². The Labute approximate surface area is 95.5 Å². The molecule has 2 rings (SSSR count). The van der Waals surface area contributed by atoms with Gasteiger partial charge >= 0.3 is 0 Å². The van der Waals surface area contributed by atoms with E-state index < -0.39 is 0 Å². The van der Waals surface area contributed by atoms with Crippen molar-refractivity contribution < 1.29 is 0 Å². The summed E-state index contributed by atoms with van der Waals surface area (Å²) in [4.78, 5) is 0. The Morgan fingerprint density at radius 2 is 2.00 bits per heavy atom. The summed E-state index contributed by atoms with van der Waals surface area (Å²) in [7, 11) is 0. The van der Waals surface area contributed by atoms with Gasteiger partial charge in [0.25, 0.3) is 0 Å². The molecule has 1 nitrogen and oxygen atoms in total. The van der Waals surface area contributed by atoms with Crippen LogP contribution in [-0.4, -0.2) is 0 Å². The van der Waals surface area contributed by atoms with Crippen LogP contribution < -0.4 is 5.32 Å². The van der Waals surface area contributed by atoms with E-state index in [9.17, 15) is 0 Å². The summed E-state index contributed by atoms with van der Waals surface area (Å²) >= 11 is 5.85. The second-order valence-electron chi connectivity index (χ2n) is 3.91. The number of halogens is 1. The molecule has 0 bridgehead atoms. The molecule has 2 heteroatoms. The highest BCUT2D eigenvalue weighted by Gasteiger charge is 2.13. The lowest BCUT2D eigenvalue weighted by Crippen LogP contribution is -2.20. The highest BCUT2D eigenvalue weighted by Crippen LogP contribution is 2.25.